The maximum atomic E-state index is 11.2. The highest BCUT2D eigenvalue weighted by Crippen LogP contribution is 2.07. The molecule has 0 aromatic carbocycles. The van der Waals surface area contributed by atoms with Crippen LogP contribution in [0.2, 0.25) is 0 Å². The van der Waals surface area contributed by atoms with E-state index in [-0.39, 0.29) is 12.5 Å². The number of terminal acetylenes is 1. The van der Waals surface area contributed by atoms with E-state index in [0.29, 0.717) is 19.5 Å². The number of amides is 1. The highest BCUT2D eigenvalue weighted by atomic mass is 16.3. The van der Waals surface area contributed by atoms with Crippen LogP contribution in [0.5, 0.6) is 0 Å². The molecule has 0 aliphatic carbocycles. The Labute approximate surface area is 95.4 Å². The van der Waals surface area contributed by atoms with Crippen LogP contribution in [0.25, 0.3) is 0 Å². The standard InChI is InChI=1S/C12H16N2O2/c1-3-6-14-12(15)4-7-13-9-11-10(2)5-8-16-11/h1,5,8,13H,4,6-7,9H2,2H3,(H,14,15). The second kappa shape index (κ2) is 6.70. The Morgan fingerprint density at radius 1 is 1.62 bits per heavy atom. The molecule has 4 heteroatoms. The molecule has 86 valence electrons. The number of aryl methyl sites for hydroxylation is 1. The molecule has 4 nitrogen and oxygen atoms in total. The molecule has 1 rings (SSSR count). The molecule has 1 heterocycles. The van der Waals surface area contributed by atoms with E-state index in [9.17, 15) is 4.79 Å². The summed E-state index contributed by atoms with van der Waals surface area (Å²) in [7, 11) is 0. The van der Waals surface area contributed by atoms with Crippen molar-refractivity contribution >= 4 is 5.91 Å². The van der Waals surface area contributed by atoms with Gasteiger partial charge in [-0.3, -0.25) is 4.79 Å². The Morgan fingerprint density at radius 2 is 2.44 bits per heavy atom. The van der Waals surface area contributed by atoms with Crippen LogP contribution in [0.4, 0.5) is 0 Å². The van der Waals surface area contributed by atoms with E-state index in [1.165, 1.54) is 0 Å². The van der Waals surface area contributed by atoms with Crippen molar-refractivity contribution < 1.29 is 9.21 Å². The third-order valence-electron chi connectivity index (χ3n) is 2.17. The van der Waals surface area contributed by atoms with Crippen LogP contribution >= 0.6 is 0 Å². The summed E-state index contributed by atoms with van der Waals surface area (Å²) in [5.41, 5.74) is 1.12. The van der Waals surface area contributed by atoms with Gasteiger partial charge < -0.3 is 15.1 Å². The predicted molar refractivity (Wildman–Crippen MR) is 61.6 cm³/mol. The summed E-state index contributed by atoms with van der Waals surface area (Å²) < 4.78 is 5.25. The van der Waals surface area contributed by atoms with Crippen molar-refractivity contribution in [3.8, 4) is 12.3 Å². The summed E-state index contributed by atoms with van der Waals surface area (Å²) in [6.07, 6.45) is 7.10. The van der Waals surface area contributed by atoms with E-state index in [2.05, 4.69) is 16.6 Å². The number of nitrogens with one attached hydrogen (secondary N) is 2. The van der Waals surface area contributed by atoms with E-state index in [4.69, 9.17) is 10.8 Å². The SMILES string of the molecule is C#CCNC(=O)CCNCc1occc1C. The third kappa shape index (κ3) is 4.20. The minimum atomic E-state index is -0.0402. The number of carbonyl (C=O) groups excluding carboxylic acids is 1. The normalized spacial score (nSPS) is 9.75. The number of hydrogen-bond acceptors (Lipinski definition) is 3. The molecule has 0 unspecified atom stereocenters. The van der Waals surface area contributed by atoms with E-state index in [0.717, 1.165) is 11.3 Å². The fourth-order valence-corrected chi connectivity index (χ4v) is 1.23. The van der Waals surface area contributed by atoms with E-state index >= 15 is 0 Å². The van der Waals surface area contributed by atoms with Crippen molar-refractivity contribution in [2.75, 3.05) is 13.1 Å². The van der Waals surface area contributed by atoms with Gasteiger partial charge in [0, 0.05) is 13.0 Å². The van der Waals surface area contributed by atoms with Crippen LogP contribution in [0, 0.1) is 19.3 Å². The summed E-state index contributed by atoms with van der Waals surface area (Å²) in [6, 6.07) is 1.91. The Kier molecular flexibility index (Phi) is 5.17. The van der Waals surface area contributed by atoms with Crippen LogP contribution in [0.3, 0.4) is 0 Å². The first-order valence-corrected chi connectivity index (χ1v) is 5.18. The lowest BCUT2D eigenvalue weighted by Gasteiger charge is -2.03. The van der Waals surface area contributed by atoms with Crippen molar-refractivity contribution in [2.45, 2.75) is 19.9 Å². The molecule has 16 heavy (non-hydrogen) atoms. The zero-order valence-corrected chi connectivity index (χ0v) is 9.38. The highest BCUT2D eigenvalue weighted by molar-refractivity contribution is 5.76. The van der Waals surface area contributed by atoms with Gasteiger partial charge in [-0.15, -0.1) is 6.42 Å². The predicted octanol–water partition coefficient (Wildman–Crippen LogP) is 0.817. The second-order valence-electron chi connectivity index (χ2n) is 3.43. The molecule has 0 radical (unpaired) electrons. The van der Waals surface area contributed by atoms with Gasteiger partial charge in [-0.05, 0) is 18.6 Å². The molecule has 1 aromatic heterocycles. The second-order valence-corrected chi connectivity index (χ2v) is 3.43. The molecule has 2 N–H and O–H groups in total. The number of rotatable bonds is 6. The Bertz CT molecular complexity index is 377. The monoisotopic (exact) mass is 220 g/mol. The Morgan fingerprint density at radius 3 is 3.06 bits per heavy atom. The number of carbonyl (C=O) groups is 1. The van der Waals surface area contributed by atoms with Gasteiger partial charge in [-0.2, -0.15) is 0 Å². The van der Waals surface area contributed by atoms with Gasteiger partial charge in [0.05, 0.1) is 19.4 Å². The smallest absolute Gasteiger partial charge is 0.222 e. The van der Waals surface area contributed by atoms with Crippen LogP contribution in [0.15, 0.2) is 16.7 Å². The first-order chi connectivity index (χ1) is 7.74. The van der Waals surface area contributed by atoms with Crippen molar-refractivity contribution in [3.63, 3.8) is 0 Å². The van der Waals surface area contributed by atoms with Crippen LogP contribution in [-0.2, 0) is 11.3 Å². The molecule has 1 amide bonds. The number of furan rings is 1. The maximum Gasteiger partial charge on any atom is 0.222 e. The first-order valence-electron chi connectivity index (χ1n) is 5.18. The van der Waals surface area contributed by atoms with Crippen LogP contribution in [0.1, 0.15) is 17.7 Å². The van der Waals surface area contributed by atoms with Gasteiger partial charge in [0.1, 0.15) is 5.76 Å². The highest BCUT2D eigenvalue weighted by Gasteiger charge is 2.02. The molecule has 0 atom stereocenters. The Balaban J connectivity index is 2.11. The lowest BCUT2D eigenvalue weighted by molar-refractivity contribution is -0.120. The minimum absolute atomic E-state index is 0.0402. The molecule has 0 saturated heterocycles. The van der Waals surface area contributed by atoms with Crippen LogP contribution < -0.4 is 10.6 Å². The fourth-order valence-electron chi connectivity index (χ4n) is 1.23. The summed E-state index contributed by atoms with van der Waals surface area (Å²) in [5, 5.41) is 5.73. The van der Waals surface area contributed by atoms with Gasteiger partial charge in [-0.25, -0.2) is 0 Å². The van der Waals surface area contributed by atoms with Crippen molar-refractivity contribution in [2.24, 2.45) is 0 Å². The summed E-state index contributed by atoms with van der Waals surface area (Å²) in [4.78, 5) is 11.2. The lowest BCUT2D eigenvalue weighted by atomic mass is 10.3. The van der Waals surface area contributed by atoms with E-state index in [1.54, 1.807) is 6.26 Å². The van der Waals surface area contributed by atoms with Crippen LogP contribution in [-0.4, -0.2) is 19.0 Å². The molecule has 0 aliphatic rings. The average molecular weight is 220 g/mol. The fraction of sp³-hybridized carbons (Fsp3) is 0.417. The molecule has 0 spiro atoms. The van der Waals surface area contributed by atoms with Crippen molar-refractivity contribution in [3.05, 3.63) is 23.7 Å². The average Bonchev–Trinajstić information content (AvgIpc) is 2.67. The lowest BCUT2D eigenvalue weighted by Crippen LogP contribution is -2.27. The van der Waals surface area contributed by atoms with Gasteiger partial charge in [0.15, 0.2) is 0 Å². The topological polar surface area (TPSA) is 54.3 Å². The van der Waals surface area contributed by atoms with Gasteiger partial charge in [0.2, 0.25) is 5.91 Å². The van der Waals surface area contributed by atoms with E-state index in [1.807, 2.05) is 13.0 Å². The molecule has 0 saturated carbocycles. The largest absolute Gasteiger partial charge is 0.468 e. The van der Waals surface area contributed by atoms with Gasteiger partial charge in [0.25, 0.3) is 0 Å². The zero-order valence-electron chi connectivity index (χ0n) is 9.38. The maximum absolute atomic E-state index is 11.2. The van der Waals surface area contributed by atoms with Gasteiger partial charge >= 0.3 is 0 Å². The third-order valence-corrected chi connectivity index (χ3v) is 2.17. The quantitative estimate of drug-likeness (QED) is 0.551. The number of hydrogen-bond donors (Lipinski definition) is 2. The molecule has 0 aliphatic heterocycles. The van der Waals surface area contributed by atoms with E-state index < -0.39 is 0 Å². The molecule has 0 fully saturated rings. The molecular weight excluding hydrogens is 204 g/mol. The molecule has 0 bridgehead atoms. The summed E-state index contributed by atoms with van der Waals surface area (Å²) in [6.45, 7) is 3.52. The minimum Gasteiger partial charge on any atom is -0.468 e. The molecule has 1 aromatic rings. The summed E-state index contributed by atoms with van der Waals surface area (Å²) in [5.74, 6) is 3.22. The van der Waals surface area contributed by atoms with Crippen molar-refractivity contribution in [1.29, 1.82) is 0 Å². The zero-order chi connectivity index (χ0) is 11.8. The first kappa shape index (κ1) is 12.3. The van der Waals surface area contributed by atoms with Crippen molar-refractivity contribution in [1.82, 2.24) is 10.6 Å². The van der Waals surface area contributed by atoms with Gasteiger partial charge in [-0.1, -0.05) is 5.92 Å². The Hall–Kier alpha value is -1.73. The molecular formula is C12H16N2O2. The summed E-state index contributed by atoms with van der Waals surface area (Å²) >= 11 is 0.